The van der Waals surface area contributed by atoms with Crippen LogP contribution in [0, 0.1) is 6.92 Å². The molecular formula is C23H19ClN4O3S2. The summed E-state index contributed by atoms with van der Waals surface area (Å²) in [6.07, 6.45) is 0. The van der Waals surface area contributed by atoms with Gasteiger partial charge in [0.2, 0.25) is 11.0 Å². The van der Waals surface area contributed by atoms with Crippen LogP contribution >= 0.6 is 22.9 Å². The second kappa shape index (κ2) is 9.70. The van der Waals surface area contributed by atoms with Gasteiger partial charge >= 0.3 is 0 Å². The first-order valence-corrected chi connectivity index (χ1v) is 12.5. The molecule has 1 N–H and O–H groups in total. The number of carbonyl (C=O) groups excluding carboxylic acids is 1. The summed E-state index contributed by atoms with van der Waals surface area (Å²) < 4.78 is 27.7. The molecule has 0 aliphatic rings. The maximum atomic E-state index is 13.4. The third kappa shape index (κ3) is 5.22. The van der Waals surface area contributed by atoms with Crippen LogP contribution in [0.1, 0.15) is 5.56 Å². The van der Waals surface area contributed by atoms with E-state index in [0.717, 1.165) is 15.4 Å². The number of rotatable bonds is 7. The highest BCUT2D eigenvalue weighted by Gasteiger charge is 2.28. The van der Waals surface area contributed by atoms with Gasteiger partial charge < -0.3 is 0 Å². The number of para-hydroxylation sites is 1. The number of aromatic nitrogens is 2. The molecule has 0 saturated heterocycles. The Balaban J connectivity index is 1.59. The molecule has 0 aliphatic heterocycles. The highest BCUT2D eigenvalue weighted by atomic mass is 35.5. The molecule has 0 radical (unpaired) electrons. The van der Waals surface area contributed by atoms with Crippen LogP contribution in [0.3, 0.4) is 0 Å². The molecule has 0 unspecified atom stereocenters. The van der Waals surface area contributed by atoms with Crippen LogP contribution in [0.25, 0.3) is 10.6 Å². The van der Waals surface area contributed by atoms with Crippen molar-refractivity contribution in [2.45, 2.75) is 11.8 Å². The Labute approximate surface area is 200 Å². The smallest absolute Gasteiger partial charge is 0.264 e. The predicted molar refractivity (Wildman–Crippen MR) is 131 cm³/mol. The van der Waals surface area contributed by atoms with Crippen molar-refractivity contribution >= 4 is 49.7 Å². The zero-order valence-electron chi connectivity index (χ0n) is 17.5. The van der Waals surface area contributed by atoms with Gasteiger partial charge in [0.15, 0.2) is 0 Å². The summed E-state index contributed by atoms with van der Waals surface area (Å²) in [6, 6.07) is 22.1. The molecule has 4 rings (SSSR count). The fourth-order valence-electron chi connectivity index (χ4n) is 3.05. The highest BCUT2D eigenvalue weighted by molar-refractivity contribution is 7.92. The second-order valence-corrected chi connectivity index (χ2v) is 10.3. The molecule has 33 heavy (non-hydrogen) atoms. The van der Waals surface area contributed by atoms with Gasteiger partial charge in [0.05, 0.1) is 15.6 Å². The molecule has 0 spiro atoms. The van der Waals surface area contributed by atoms with Crippen molar-refractivity contribution in [1.82, 2.24) is 10.2 Å². The van der Waals surface area contributed by atoms with E-state index in [4.69, 9.17) is 11.6 Å². The van der Waals surface area contributed by atoms with Crippen molar-refractivity contribution in [1.29, 1.82) is 0 Å². The van der Waals surface area contributed by atoms with Gasteiger partial charge in [0.25, 0.3) is 10.0 Å². The lowest BCUT2D eigenvalue weighted by Crippen LogP contribution is -2.38. The minimum Gasteiger partial charge on any atom is -0.299 e. The summed E-state index contributed by atoms with van der Waals surface area (Å²) in [6.45, 7) is 1.50. The number of carbonyl (C=O) groups is 1. The Morgan fingerprint density at radius 1 is 0.970 bits per heavy atom. The second-order valence-electron chi connectivity index (χ2n) is 7.10. The van der Waals surface area contributed by atoms with Crippen LogP contribution in [0.2, 0.25) is 5.02 Å². The van der Waals surface area contributed by atoms with Crippen molar-refractivity contribution in [3.8, 4) is 10.6 Å². The van der Waals surface area contributed by atoms with Gasteiger partial charge in [0, 0.05) is 5.56 Å². The van der Waals surface area contributed by atoms with Gasteiger partial charge in [-0.1, -0.05) is 83.1 Å². The van der Waals surface area contributed by atoms with E-state index in [2.05, 4.69) is 15.5 Å². The number of sulfonamides is 1. The lowest BCUT2D eigenvalue weighted by molar-refractivity contribution is -0.114. The Kier molecular flexibility index (Phi) is 6.73. The zero-order chi connectivity index (χ0) is 23.4. The van der Waals surface area contributed by atoms with E-state index in [1.807, 2.05) is 31.2 Å². The minimum atomic E-state index is -4.05. The number of anilines is 2. The van der Waals surface area contributed by atoms with Crippen molar-refractivity contribution in [2.75, 3.05) is 16.2 Å². The summed E-state index contributed by atoms with van der Waals surface area (Å²) in [4.78, 5) is 12.9. The third-order valence-corrected chi connectivity index (χ3v) is 7.69. The van der Waals surface area contributed by atoms with Gasteiger partial charge in [0.1, 0.15) is 11.6 Å². The van der Waals surface area contributed by atoms with E-state index in [9.17, 15) is 13.2 Å². The van der Waals surface area contributed by atoms with E-state index in [0.29, 0.717) is 5.01 Å². The first-order valence-electron chi connectivity index (χ1n) is 9.87. The van der Waals surface area contributed by atoms with Crippen LogP contribution in [0.4, 0.5) is 10.8 Å². The minimum absolute atomic E-state index is 0.0512. The monoisotopic (exact) mass is 498 g/mol. The Bertz CT molecular complexity index is 1370. The van der Waals surface area contributed by atoms with Crippen LogP contribution in [-0.4, -0.2) is 31.1 Å². The topological polar surface area (TPSA) is 92.3 Å². The lowest BCUT2D eigenvalue weighted by Gasteiger charge is -2.24. The van der Waals surface area contributed by atoms with E-state index in [1.54, 1.807) is 42.5 Å². The van der Waals surface area contributed by atoms with Crippen molar-refractivity contribution in [3.63, 3.8) is 0 Å². The van der Waals surface area contributed by atoms with Crippen LogP contribution < -0.4 is 9.62 Å². The molecule has 4 aromatic rings. The molecule has 7 nitrogen and oxygen atoms in total. The zero-order valence-corrected chi connectivity index (χ0v) is 19.9. The first-order chi connectivity index (χ1) is 15.8. The number of nitrogens with zero attached hydrogens (tertiary/aromatic N) is 3. The molecule has 0 aliphatic carbocycles. The summed E-state index contributed by atoms with van der Waals surface area (Å²) in [5, 5.41) is 11.9. The SMILES string of the molecule is Cc1ccc(-c2nnc(NC(=O)CN(c3ccccc3Cl)S(=O)(=O)c3ccccc3)s2)cc1. The summed E-state index contributed by atoms with van der Waals surface area (Å²) >= 11 is 7.48. The standard InChI is InChI=1S/C23H19ClN4O3S2/c1-16-11-13-17(14-12-16)22-26-27-23(32-22)25-21(29)15-28(20-10-6-5-9-19(20)24)33(30,31)18-7-3-2-4-8-18/h2-14H,15H2,1H3,(H,25,27,29). The van der Waals surface area contributed by atoms with Gasteiger partial charge in [-0.05, 0) is 31.2 Å². The fourth-order valence-corrected chi connectivity index (χ4v) is 5.56. The normalized spacial score (nSPS) is 11.2. The number of amides is 1. The van der Waals surface area contributed by atoms with Crippen LogP contribution in [-0.2, 0) is 14.8 Å². The van der Waals surface area contributed by atoms with Crippen molar-refractivity contribution < 1.29 is 13.2 Å². The molecule has 168 valence electrons. The average molecular weight is 499 g/mol. The first kappa shape index (κ1) is 22.9. The van der Waals surface area contributed by atoms with E-state index in [-0.39, 0.29) is 20.7 Å². The molecular weight excluding hydrogens is 480 g/mol. The average Bonchev–Trinajstić information content (AvgIpc) is 3.27. The molecule has 1 heterocycles. The number of hydrogen-bond donors (Lipinski definition) is 1. The van der Waals surface area contributed by atoms with Crippen molar-refractivity contribution in [2.24, 2.45) is 0 Å². The molecule has 0 bridgehead atoms. The van der Waals surface area contributed by atoms with E-state index in [1.165, 1.54) is 23.5 Å². The predicted octanol–water partition coefficient (Wildman–Crippen LogP) is 5.00. The van der Waals surface area contributed by atoms with Gasteiger partial charge in [-0.3, -0.25) is 14.4 Å². The quantitative estimate of drug-likeness (QED) is 0.387. The summed E-state index contributed by atoms with van der Waals surface area (Å²) in [7, 11) is -4.05. The number of benzene rings is 3. The lowest BCUT2D eigenvalue weighted by atomic mass is 10.2. The Morgan fingerprint density at radius 3 is 2.33 bits per heavy atom. The number of hydrogen-bond acceptors (Lipinski definition) is 6. The molecule has 1 amide bonds. The van der Waals surface area contributed by atoms with Gasteiger partial charge in [-0.2, -0.15) is 0 Å². The van der Waals surface area contributed by atoms with Crippen LogP contribution in [0.15, 0.2) is 83.8 Å². The van der Waals surface area contributed by atoms with Crippen LogP contribution in [0.5, 0.6) is 0 Å². The van der Waals surface area contributed by atoms with Gasteiger partial charge in [-0.25, -0.2) is 8.42 Å². The molecule has 3 aromatic carbocycles. The number of nitrogens with one attached hydrogen (secondary N) is 1. The third-order valence-electron chi connectivity index (χ3n) is 4.71. The molecule has 0 fully saturated rings. The maximum Gasteiger partial charge on any atom is 0.264 e. The van der Waals surface area contributed by atoms with Crippen molar-refractivity contribution in [3.05, 3.63) is 89.4 Å². The van der Waals surface area contributed by atoms with E-state index >= 15 is 0 Å². The number of aryl methyl sites for hydroxylation is 1. The highest BCUT2D eigenvalue weighted by Crippen LogP contribution is 2.31. The molecule has 10 heteroatoms. The summed E-state index contributed by atoms with van der Waals surface area (Å²) in [5.74, 6) is -0.568. The Hall–Kier alpha value is -3.27. The molecule has 1 aromatic heterocycles. The molecule has 0 atom stereocenters. The van der Waals surface area contributed by atoms with Gasteiger partial charge in [-0.15, -0.1) is 10.2 Å². The van der Waals surface area contributed by atoms with E-state index < -0.39 is 22.5 Å². The maximum absolute atomic E-state index is 13.4. The fraction of sp³-hybridized carbons (Fsp3) is 0.0870. The summed E-state index contributed by atoms with van der Waals surface area (Å²) in [5.41, 5.74) is 2.20. The largest absolute Gasteiger partial charge is 0.299 e. The Morgan fingerprint density at radius 2 is 1.64 bits per heavy atom. The number of halogens is 1. The molecule has 0 saturated carbocycles.